The third kappa shape index (κ3) is 4.18. The molecule has 0 spiro atoms. The van der Waals surface area contributed by atoms with Crippen molar-refractivity contribution in [2.24, 2.45) is 0 Å². The minimum absolute atomic E-state index is 0.0230. The fraction of sp³-hybridized carbons (Fsp3) is 0.933. The highest BCUT2D eigenvalue weighted by molar-refractivity contribution is 5.71. The highest BCUT2D eigenvalue weighted by atomic mass is 16.5. The fourth-order valence-corrected chi connectivity index (χ4v) is 3.34. The summed E-state index contributed by atoms with van der Waals surface area (Å²) in [6.07, 6.45) is 4.97. The summed E-state index contributed by atoms with van der Waals surface area (Å²) in [6, 6.07) is 0. The monoisotopic (exact) mass is 271 g/mol. The standard InChI is InChI=1S/C15H29NO3/c1-5-16(6-2)15(12-14(17)19-7-3)10-8-13(18-4)9-11-15/h13H,5-12H2,1-4H3. The Balaban J connectivity index is 2.76. The summed E-state index contributed by atoms with van der Waals surface area (Å²) in [5.74, 6) is -0.0646. The van der Waals surface area contributed by atoms with Gasteiger partial charge in [-0.05, 0) is 45.7 Å². The number of hydrogen-bond acceptors (Lipinski definition) is 4. The van der Waals surface area contributed by atoms with Crippen molar-refractivity contribution < 1.29 is 14.3 Å². The normalized spacial score (nSPS) is 27.5. The number of methoxy groups -OCH3 is 1. The van der Waals surface area contributed by atoms with Crippen molar-refractivity contribution in [3.63, 3.8) is 0 Å². The number of ether oxygens (including phenoxy) is 2. The van der Waals surface area contributed by atoms with Crippen molar-refractivity contribution in [2.75, 3.05) is 26.8 Å². The number of carbonyl (C=O) groups excluding carboxylic acids is 1. The maximum atomic E-state index is 11.9. The first-order valence-corrected chi connectivity index (χ1v) is 7.55. The summed E-state index contributed by atoms with van der Waals surface area (Å²) in [5.41, 5.74) is -0.0230. The molecule has 1 aliphatic carbocycles. The molecule has 0 aromatic carbocycles. The first-order chi connectivity index (χ1) is 9.11. The molecule has 0 unspecified atom stereocenters. The predicted molar refractivity (Wildman–Crippen MR) is 76.2 cm³/mol. The molecule has 4 heteroatoms. The van der Waals surface area contributed by atoms with Crippen LogP contribution < -0.4 is 0 Å². The first kappa shape index (κ1) is 16.4. The molecule has 1 saturated carbocycles. The lowest BCUT2D eigenvalue weighted by Crippen LogP contribution is -2.53. The van der Waals surface area contributed by atoms with Gasteiger partial charge in [-0.15, -0.1) is 0 Å². The summed E-state index contributed by atoms with van der Waals surface area (Å²) in [5, 5.41) is 0. The molecular formula is C15H29NO3. The van der Waals surface area contributed by atoms with E-state index < -0.39 is 0 Å². The van der Waals surface area contributed by atoms with Gasteiger partial charge >= 0.3 is 5.97 Å². The summed E-state index contributed by atoms with van der Waals surface area (Å²) in [4.78, 5) is 14.4. The first-order valence-electron chi connectivity index (χ1n) is 7.55. The Morgan fingerprint density at radius 2 is 1.79 bits per heavy atom. The van der Waals surface area contributed by atoms with Crippen LogP contribution in [0.3, 0.4) is 0 Å². The number of carbonyl (C=O) groups is 1. The van der Waals surface area contributed by atoms with Gasteiger partial charge in [0.1, 0.15) is 0 Å². The van der Waals surface area contributed by atoms with Gasteiger partial charge in [-0.1, -0.05) is 13.8 Å². The van der Waals surface area contributed by atoms with Crippen molar-refractivity contribution in [3.05, 3.63) is 0 Å². The minimum Gasteiger partial charge on any atom is -0.466 e. The van der Waals surface area contributed by atoms with Crippen LogP contribution in [0.2, 0.25) is 0 Å². The van der Waals surface area contributed by atoms with Gasteiger partial charge in [-0.2, -0.15) is 0 Å². The molecule has 0 N–H and O–H groups in total. The van der Waals surface area contributed by atoms with Crippen LogP contribution >= 0.6 is 0 Å². The molecular weight excluding hydrogens is 242 g/mol. The third-order valence-corrected chi connectivity index (χ3v) is 4.41. The second-order valence-electron chi connectivity index (χ2n) is 5.31. The zero-order valence-electron chi connectivity index (χ0n) is 12.9. The predicted octanol–water partition coefficient (Wildman–Crippen LogP) is 2.61. The lowest BCUT2D eigenvalue weighted by atomic mass is 9.76. The Morgan fingerprint density at radius 1 is 1.21 bits per heavy atom. The van der Waals surface area contributed by atoms with E-state index in [1.54, 1.807) is 7.11 Å². The van der Waals surface area contributed by atoms with Crippen LogP contribution in [0.1, 0.15) is 52.9 Å². The molecule has 19 heavy (non-hydrogen) atoms. The van der Waals surface area contributed by atoms with Crippen LogP contribution in [0.5, 0.6) is 0 Å². The molecule has 112 valence electrons. The van der Waals surface area contributed by atoms with E-state index in [1.165, 1.54) is 0 Å². The molecule has 0 radical (unpaired) electrons. The minimum atomic E-state index is -0.0646. The number of hydrogen-bond donors (Lipinski definition) is 0. The van der Waals surface area contributed by atoms with Crippen LogP contribution in [0.15, 0.2) is 0 Å². The van der Waals surface area contributed by atoms with E-state index in [0.29, 0.717) is 19.1 Å². The molecule has 0 bridgehead atoms. The van der Waals surface area contributed by atoms with Crippen molar-refractivity contribution in [3.8, 4) is 0 Å². The van der Waals surface area contributed by atoms with E-state index in [1.807, 2.05) is 6.92 Å². The van der Waals surface area contributed by atoms with E-state index in [0.717, 1.165) is 38.8 Å². The van der Waals surface area contributed by atoms with Crippen molar-refractivity contribution in [1.82, 2.24) is 4.90 Å². The Kier molecular flexibility index (Phi) is 6.80. The Morgan fingerprint density at radius 3 is 2.21 bits per heavy atom. The maximum Gasteiger partial charge on any atom is 0.307 e. The SMILES string of the molecule is CCOC(=O)CC1(N(CC)CC)CCC(OC)CC1. The average Bonchev–Trinajstić information content (AvgIpc) is 2.41. The number of nitrogens with zero attached hydrogens (tertiary/aromatic N) is 1. The van der Waals surface area contributed by atoms with Crippen LogP contribution in [0, 0.1) is 0 Å². The summed E-state index contributed by atoms with van der Waals surface area (Å²) in [6.45, 7) is 8.62. The van der Waals surface area contributed by atoms with Crippen LogP contribution in [0.4, 0.5) is 0 Å². The summed E-state index contributed by atoms with van der Waals surface area (Å²) >= 11 is 0. The van der Waals surface area contributed by atoms with Crippen LogP contribution in [0.25, 0.3) is 0 Å². The molecule has 0 saturated heterocycles. The lowest BCUT2D eigenvalue weighted by Gasteiger charge is -2.47. The Bertz CT molecular complexity index is 269. The van der Waals surface area contributed by atoms with E-state index >= 15 is 0 Å². The quantitative estimate of drug-likeness (QED) is 0.667. The lowest BCUT2D eigenvalue weighted by molar-refractivity contribution is -0.148. The molecule has 0 amide bonds. The fourth-order valence-electron chi connectivity index (χ4n) is 3.34. The van der Waals surface area contributed by atoms with Crippen molar-refractivity contribution in [2.45, 2.75) is 64.5 Å². The Labute approximate surface area is 117 Å². The summed E-state index contributed by atoms with van der Waals surface area (Å²) < 4.78 is 10.6. The van der Waals surface area contributed by atoms with Gasteiger partial charge in [0.2, 0.25) is 0 Å². The molecule has 0 heterocycles. The van der Waals surface area contributed by atoms with Gasteiger partial charge in [0.25, 0.3) is 0 Å². The second kappa shape index (κ2) is 7.85. The van der Waals surface area contributed by atoms with Crippen LogP contribution in [-0.4, -0.2) is 49.3 Å². The highest BCUT2D eigenvalue weighted by Crippen LogP contribution is 2.37. The van der Waals surface area contributed by atoms with Crippen LogP contribution in [-0.2, 0) is 14.3 Å². The topological polar surface area (TPSA) is 38.8 Å². The molecule has 0 aliphatic heterocycles. The van der Waals surface area contributed by atoms with Gasteiger partial charge in [0.15, 0.2) is 0 Å². The van der Waals surface area contributed by atoms with E-state index in [9.17, 15) is 4.79 Å². The molecule has 0 atom stereocenters. The molecule has 1 aliphatic rings. The maximum absolute atomic E-state index is 11.9. The van der Waals surface area contributed by atoms with Gasteiger partial charge in [0.05, 0.1) is 19.1 Å². The van der Waals surface area contributed by atoms with Crippen molar-refractivity contribution in [1.29, 1.82) is 0 Å². The number of esters is 1. The Hall–Kier alpha value is -0.610. The van der Waals surface area contributed by atoms with Gasteiger partial charge in [-0.3, -0.25) is 9.69 Å². The zero-order valence-corrected chi connectivity index (χ0v) is 12.9. The van der Waals surface area contributed by atoms with Crippen molar-refractivity contribution >= 4 is 5.97 Å². The molecule has 0 aromatic rings. The largest absolute Gasteiger partial charge is 0.466 e. The molecule has 0 aromatic heterocycles. The van der Waals surface area contributed by atoms with Gasteiger partial charge in [0, 0.05) is 12.6 Å². The highest BCUT2D eigenvalue weighted by Gasteiger charge is 2.41. The molecule has 1 fully saturated rings. The van der Waals surface area contributed by atoms with E-state index in [4.69, 9.17) is 9.47 Å². The average molecular weight is 271 g/mol. The smallest absolute Gasteiger partial charge is 0.307 e. The van der Waals surface area contributed by atoms with Gasteiger partial charge in [-0.25, -0.2) is 0 Å². The number of rotatable bonds is 7. The zero-order chi connectivity index (χ0) is 14.3. The molecule has 4 nitrogen and oxygen atoms in total. The summed E-state index contributed by atoms with van der Waals surface area (Å²) in [7, 11) is 1.78. The van der Waals surface area contributed by atoms with E-state index in [2.05, 4.69) is 18.7 Å². The second-order valence-corrected chi connectivity index (χ2v) is 5.31. The van der Waals surface area contributed by atoms with E-state index in [-0.39, 0.29) is 11.5 Å². The van der Waals surface area contributed by atoms with Gasteiger partial charge < -0.3 is 9.47 Å². The third-order valence-electron chi connectivity index (χ3n) is 4.41. The molecule has 1 rings (SSSR count).